The minimum absolute atomic E-state index is 0.0174. The highest BCUT2D eigenvalue weighted by atomic mass is 35.5. The van der Waals surface area contributed by atoms with Crippen molar-refractivity contribution in [1.29, 1.82) is 0 Å². The lowest BCUT2D eigenvalue weighted by molar-refractivity contribution is -0.114. The second kappa shape index (κ2) is 9.27. The molecule has 0 heterocycles. The molecule has 0 spiro atoms. The molecule has 0 unspecified atom stereocenters. The molecule has 0 radical (unpaired) electrons. The molecule has 0 fully saturated rings. The van der Waals surface area contributed by atoms with Gasteiger partial charge in [-0.05, 0) is 55.0 Å². The van der Waals surface area contributed by atoms with E-state index in [2.05, 4.69) is 5.32 Å². The molecule has 3 aromatic carbocycles. The highest BCUT2D eigenvalue weighted by Gasteiger charge is 2.28. The lowest BCUT2D eigenvalue weighted by Gasteiger charge is -2.25. The van der Waals surface area contributed by atoms with Crippen LogP contribution in [-0.2, 0) is 14.8 Å². The molecule has 9 heteroatoms. The summed E-state index contributed by atoms with van der Waals surface area (Å²) < 4.78 is 27.8. The first kappa shape index (κ1) is 22.4. The first-order valence-electron chi connectivity index (χ1n) is 8.78. The number of rotatable bonds is 6. The van der Waals surface area contributed by atoms with Crippen molar-refractivity contribution in [3.63, 3.8) is 0 Å². The van der Waals surface area contributed by atoms with Crippen LogP contribution in [0.4, 0.5) is 11.4 Å². The molecular formula is C21H17Cl3N2O3S. The SMILES string of the molecule is Cc1ccccc1N(CC(=O)Nc1cccc(Cl)c1Cl)S(=O)(=O)c1ccc(Cl)cc1. The number of amides is 1. The molecule has 0 saturated heterocycles. The van der Waals surface area contributed by atoms with Gasteiger partial charge in [0.2, 0.25) is 5.91 Å². The van der Waals surface area contributed by atoms with Crippen LogP contribution in [0.1, 0.15) is 5.56 Å². The maximum Gasteiger partial charge on any atom is 0.264 e. The zero-order chi connectivity index (χ0) is 21.9. The molecule has 0 atom stereocenters. The number of aryl methyl sites for hydroxylation is 1. The van der Waals surface area contributed by atoms with Crippen molar-refractivity contribution in [2.24, 2.45) is 0 Å². The van der Waals surface area contributed by atoms with Crippen LogP contribution in [0.3, 0.4) is 0 Å². The zero-order valence-corrected chi connectivity index (χ0v) is 18.9. The number of nitrogens with one attached hydrogen (secondary N) is 1. The van der Waals surface area contributed by atoms with Crippen LogP contribution >= 0.6 is 34.8 Å². The molecule has 0 aliphatic heterocycles. The van der Waals surface area contributed by atoms with Crippen molar-refractivity contribution >= 4 is 62.1 Å². The molecule has 0 aliphatic carbocycles. The second-order valence-corrected chi connectivity index (χ2v) is 9.49. The Balaban J connectivity index is 1.98. The van der Waals surface area contributed by atoms with Crippen LogP contribution in [0.5, 0.6) is 0 Å². The van der Waals surface area contributed by atoms with Gasteiger partial charge in [0, 0.05) is 5.02 Å². The molecule has 30 heavy (non-hydrogen) atoms. The standard InChI is InChI=1S/C21H17Cl3N2O3S/c1-14-5-2-3-8-19(14)26(30(28,29)16-11-9-15(22)10-12-16)13-20(27)25-18-7-4-6-17(23)21(18)24/h2-12H,13H2,1H3,(H,25,27). The minimum Gasteiger partial charge on any atom is -0.323 e. The predicted molar refractivity (Wildman–Crippen MR) is 122 cm³/mol. The summed E-state index contributed by atoms with van der Waals surface area (Å²) in [6.07, 6.45) is 0. The summed E-state index contributed by atoms with van der Waals surface area (Å²) in [4.78, 5) is 12.8. The molecule has 156 valence electrons. The van der Waals surface area contributed by atoms with Crippen LogP contribution in [0.25, 0.3) is 0 Å². The van der Waals surface area contributed by atoms with Gasteiger partial charge in [0.05, 0.1) is 26.3 Å². The van der Waals surface area contributed by atoms with Gasteiger partial charge in [-0.15, -0.1) is 0 Å². The van der Waals surface area contributed by atoms with E-state index in [1.54, 1.807) is 49.4 Å². The molecule has 3 rings (SSSR count). The van der Waals surface area contributed by atoms with E-state index in [4.69, 9.17) is 34.8 Å². The summed E-state index contributed by atoms with van der Waals surface area (Å²) >= 11 is 18.0. The third kappa shape index (κ3) is 4.90. The minimum atomic E-state index is -4.04. The topological polar surface area (TPSA) is 66.5 Å². The second-order valence-electron chi connectivity index (χ2n) is 6.40. The summed E-state index contributed by atoms with van der Waals surface area (Å²) in [5, 5.41) is 3.48. The van der Waals surface area contributed by atoms with Gasteiger partial charge in [0.1, 0.15) is 6.54 Å². The Morgan fingerprint density at radius 1 is 0.933 bits per heavy atom. The van der Waals surface area contributed by atoms with Crippen molar-refractivity contribution < 1.29 is 13.2 Å². The summed E-state index contributed by atoms with van der Waals surface area (Å²) in [7, 11) is -4.04. The highest BCUT2D eigenvalue weighted by Crippen LogP contribution is 2.30. The van der Waals surface area contributed by atoms with Crippen molar-refractivity contribution in [1.82, 2.24) is 0 Å². The van der Waals surface area contributed by atoms with Crippen LogP contribution in [0.15, 0.2) is 71.6 Å². The number of halogens is 3. The molecule has 0 aromatic heterocycles. The number of carbonyl (C=O) groups excluding carboxylic acids is 1. The van der Waals surface area contributed by atoms with Gasteiger partial charge in [-0.1, -0.05) is 59.1 Å². The van der Waals surface area contributed by atoms with Crippen molar-refractivity contribution in [3.8, 4) is 0 Å². The van der Waals surface area contributed by atoms with Crippen molar-refractivity contribution in [2.75, 3.05) is 16.2 Å². The Hall–Kier alpha value is -2.25. The highest BCUT2D eigenvalue weighted by molar-refractivity contribution is 7.92. The number of nitrogens with zero attached hydrogens (tertiary/aromatic N) is 1. The number of benzene rings is 3. The van der Waals surface area contributed by atoms with Gasteiger partial charge in [0.25, 0.3) is 10.0 Å². The van der Waals surface area contributed by atoms with E-state index in [9.17, 15) is 13.2 Å². The third-order valence-electron chi connectivity index (χ3n) is 4.30. The Kier molecular flexibility index (Phi) is 6.93. The molecule has 5 nitrogen and oxygen atoms in total. The van der Waals surface area contributed by atoms with E-state index in [0.29, 0.717) is 22.0 Å². The number of para-hydroxylation sites is 1. The molecule has 1 amide bonds. The van der Waals surface area contributed by atoms with Gasteiger partial charge in [-0.2, -0.15) is 0 Å². The van der Waals surface area contributed by atoms with Gasteiger partial charge >= 0.3 is 0 Å². The van der Waals surface area contributed by atoms with Crippen LogP contribution in [0, 0.1) is 6.92 Å². The van der Waals surface area contributed by atoms with Crippen molar-refractivity contribution in [3.05, 3.63) is 87.4 Å². The molecular weight excluding hydrogens is 467 g/mol. The normalized spacial score (nSPS) is 11.2. The summed E-state index contributed by atoms with van der Waals surface area (Å²) in [5.74, 6) is -0.569. The largest absolute Gasteiger partial charge is 0.323 e. The van der Waals surface area contributed by atoms with E-state index >= 15 is 0 Å². The van der Waals surface area contributed by atoms with Gasteiger partial charge in [0.15, 0.2) is 0 Å². The van der Waals surface area contributed by atoms with Crippen LogP contribution in [0.2, 0.25) is 15.1 Å². The molecule has 0 bridgehead atoms. The Morgan fingerprint density at radius 3 is 2.27 bits per heavy atom. The average Bonchev–Trinajstić information content (AvgIpc) is 2.70. The number of carbonyl (C=O) groups is 1. The van der Waals surface area contributed by atoms with Gasteiger partial charge < -0.3 is 5.32 Å². The number of hydrogen-bond donors (Lipinski definition) is 1. The Bertz CT molecular complexity index is 1180. The Morgan fingerprint density at radius 2 is 1.60 bits per heavy atom. The Labute approximate surface area is 190 Å². The maximum atomic E-state index is 13.4. The number of sulfonamides is 1. The van der Waals surface area contributed by atoms with Gasteiger partial charge in [-0.25, -0.2) is 8.42 Å². The summed E-state index contributed by atoms with van der Waals surface area (Å²) in [6, 6.07) is 17.5. The van der Waals surface area contributed by atoms with Crippen LogP contribution in [-0.4, -0.2) is 20.9 Å². The molecule has 0 saturated carbocycles. The molecule has 1 N–H and O–H groups in total. The maximum absolute atomic E-state index is 13.4. The monoisotopic (exact) mass is 482 g/mol. The quantitative estimate of drug-likeness (QED) is 0.482. The fraction of sp³-hybridized carbons (Fsp3) is 0.0952. The van der Waals surface area contributed by atoms with E-state index in [0.717, 1.165) is 4.31 Å². The number of hydrogen-bond acceptors (Lipinski definition) is 3. The van der Waals surface area contributed by atoms with Crippen molar-refractivity contribution in [2.45, 2.75) is 11.8 Å². The summed E-state index contributed by atoms with van der Waals surface area (Å²) in [6.45, 7) is 1.31. The smallest absolute Gasteiger partial charge is 0.264 e. The fourth-order valence-corrected chi connectivity index (χ4v) is 4.76. The zero-order valence-electron chi connectivity index (χ0n) is 15.8. The molecule has 3 aromatic rings. The predicted octanol–water partition coefficient (Wildman–Crippen LogP) is 5.79. The number of anilines is 2. The first-order chi connectivity index (χ1) is 14.2. The summed E-state index contributed by atoms with van der Waals surface area (Å²) in [5.41, 5.74) is 1.38. The lowest BCUT2D eigenvalue weighted by Crippen LogP contribution is -2.38. The molecule has 0 aliphatic rings. The van der Waals surface area contributed by atoms with Gasteiger partial charge in [-0.3, -0.25) is 9.10 Å². The lowest BCUT2D eigenvalue weighted by atomic mass is 10.2. The van der Waals surface area contributed by atoms with Crippen LogP contribution < -0.4 is 9.62 Å². The van der Waals surface area contributed by atoms with E-state index in [1.165, 1.54) is 24.3 Å². The average molecular weight is 484 g/mol. The first-order valence-corrected chi connectivity index (χ1v) is 11.4. The van der Waals surface area contributed by atoms with E-state index in [-0.39, 0.29) is 14.9 Å². The fourth-order valence-electron chi connectivity index (χ4n) is 2.80. The van der Waals surface area contributed by atoms with E-state index in [1.807, 2.05) is 0 Å². The van der Waals surface area contributed by atoms with E-state index < -0.39 is 22.5 Å². The third-order valence-corrected chi connectivity index (χ3v) is 7.14.